The van der Waals surface area contributed by atoms with Crippen LogP contribution < -0.4 is 5.32 Å². The smallest absolute Gasteiger partial charge is 0.123 e. The summed E-state index contributed by atoms with van der Waals surface area (Å²) in [6.45, 7) is 4.57. The molecule has 1 aromatic carbocycles. The van der Waals surface area contributed by atoms with Gasteiger partial charge in [-0.3, -0.25) is 0 Å². The highest BCUT2D eigenvalue weighted by Crippen LogP contribution is 2.11. The third-order valence-electron chi connectivity index (χ3n) is 2.59. The van der Waals surface area contributed by atoms with Gasteiger partial charge in [0.25, 0.3) is 0 Å². The molecule has 0 aromatic heterocycles. The molecule has 1 rings (SSSR count). The van der Waals surface area contributed by atoms with Crippen molar-refractivity contribution in [3.63, 3.8) is 0 Å². The van der Waals surface area contributed by atoms with Crippen LogP contribution in [0, 0.1) is 12.7 Å². The Morgan fingerprint density at radius 3 is 2.88 bits per heavy atom. The molecule has 90 valence electrons. The number of methoxy groups -OCH3 is 1. The van der Waals surface area contributed by atoms with Crippen LogP contribution in [0.1, 0.15) is 17.5 Å². The topological polar surface area (TPSA) is 21.3 Å². The average molecular weight is 225 g/mol. The highest BCUT2D eigenvalue weighted by Gasteiger charge is 2.00. The minimum absolute atomic E-state index is 0.145. The summed E-state index contributed by atoms with van der Waals surface area (Å²) in [5, 5.41) is 3.27. The first-order valence-corrected chi connectivity index (χ1v) is 5.68. The molecule has 3 heteroatoms. The maximum atomic E-state index is 13.0. The first-order chi connectivity index (χ1) is 7.74. The van der Waals surface area contributed by atoms with Crippen molar-refractivity contribution in [3.05, 3.63) is 35.1 Å². The number of rotatable bonds is 7. The van der Waals surface area contributed by atoms with Crippen molar-refractivity contribution in [3.8, 4) is 0 Å². The summed E-state index contributed by atoms with van der Waals surface area (Å²) in [6.07, 6.45) is 1.94. The zero-order chi connectivity index (χ0) is 11.8. The van der Waals surface area contributed by atoms with Crippen LogP contribution >= 0.6 is 0 Å². The van der Waals surface area contributed by atoms with Crippen molar-refractivity contribution in [1.82, 2.24) is 5.32 Å². The summed E-state index contributed by atoms with van der Waals surface area (Å²) in [5.74, 6) is -0.145. The Hall–Kier alpha value is -0.930. The molecule has 1 N–H and O–H groups in total. The number of halogens is 1. The van der Waals surface area contributed by atoms with E-state index in [9.17, 15) is 4.39 Å². The molecule has 0 unspecified atom stereocenters. The Kier molecular flexibility index (Phi) is 6.04. The zero-order valence-electron chi connectivity index (χ0n) is 10.1. The first-order valence-electron chi connectivity index (χ1n) is 5.68. The standard InChI is InChI=1S/C13H20FNO/c1-11-5-6-13(14)10-12(11)4-3-7-15-8-9-16-2/h5-6,10,15H,3-4,7-9H2,1-2H3. The van der Waals surface area contributed by atoms with Crippen LogP contribution in [0.3, 0.4) is 0 Å². The van der Waals surface area contributed by atoms with Gasteiger partial charge in [-0.25, -0.2) is 4.39 Å². The predicted octanol–water partition coefficient (Wildman–Crippen LogP) is 2.30. The predicted molar refractivity (Wildman–Crippen MR) is 64.2 cm³/mol. The van der Waals surface area contributed by atoms with Gasteiger partial charge in [0.15, 0.2) is 0 Å². The van der Waals surface area contributed by atoms with E-state index in [0.717, 1.165) is 38.1 Å². The summed E-state index contributed by atoms with van der Waals surface area (Å²) in [7, 11) is 1.69. The fraction of sp³-hybridized carbons (Fsp3) is 0.538. The van der Waals surface area contributed by atoms with Crippen molar-refractivity contribution in [1.29, 1.82) is 0 Å². The van der Waals surface area contributed by atoms with E-state index in [4.69, 9.17) is 4.74 Å². The van der Waals surface area contributed by atoms with Gasteiger partial charge in [-0.1, -0.05) is 6.07 Å². The van der Waals surface area contributed by atoms with Crippen LogP contribution in [-0.2, 0) is 11.2 Å². The second kappa shape index (κ2) is 7.36. The van der Waals surface area contributed by atoms with Gasteiger partial charge in [0.05, 0.1) is 6.61 Å². The normalized spacial score (nSPS) is 10.7. The third-order valence-corrected chi connectivity index (χ3v) is 2.59. The SMILES string of the molecule is COCCNCCCc1cc(F)ccc1C. The third kappa shape index (κ3) is 4.73. The van der Waals surface area contributed by atoms with Crippen LogP contribution in [0.25, 0.3) is 0 Å². The maximum Gasteiger partial charge on any atom is 0.123 e. The number of hydrogen-bond acceptors (Lipinski definition) is 2. The van der Waals surface area contributed by atoms with Gasteiger partial charge in [0.2, 0.25) is 0 Å². The maximum absolute atomic E-state index is 13.0. The van der Waals surface area contributed by atoms with Crippen LogP contribution in [0.15, 0.2) is 18.2 Å². The Morgan fingerprint density at radius 1 is 1.31 bits per heavy atom. The highest BCUT2D eigenvalue weighted by atomic mass is 19.1. The van der Waals surface area contributed by atoms with Crippen LogP contribution in [0.2, 0.25) is 0 Å². The molecule has 0 aliphatic carbocycles. The molecule has 0 bridgehead atoms. The van der Waals surface area contributed by atoms with Crippen LogP contribution in [0.4, 0.5) is 4.39 Å². The molecule has 0 heterocycles. The molecular weight excluding hydrogens is 205 g/mol. The summed E-state index contributed by atoms with van der Waals surface area (Å²) >= 11 is 0. The van der Waals surface area contributed by atoms with Gasteiger partial charge in [0.1, 0.15) is 5.82 Å². The monoisotopic (exact) mass is 225 g/mol. The highest BCUT2D eigenvalue weighted by molar-refractivity contribution is 5.26. The van der Waals surface area contributed by atoms with E-state index < -0.39 is 0 Å². The second-order valence-electron chi connectivity index (χ2n) is 3.92. The molecule has 2 nitrogen and oxygen atoms in total. The first kappa shape index (κ1) is 13.1. The molecule has 16 heavy (non-hydrogen) atoms. The lowest BCUT2D eigenvalue weighted by Gasteiger charge is -2.07. The van der Waals surface area contributed by atoms with E-state index in [1.807, 2.05) is 13.0 Å². The fourth-order valence-corrected chi connectivity index (χ4v) is 1.61. The summed E-state index contributed by atoms with van der Waals surface area (Å²) < 4.78 is 17.9. The number of nitrogens with one attached hydrogen (secondary N) is 1. The molecule has 0 aliphatic rings. The minimum Gasteiger partial charge on any atom is -0.383 e. The molecule has 0 fully saturated rings. The number of benzene rings is 1. The molecule has 0 aliphatic heterocycles. The van der Waals surface area contributed by atoms with E-state index >= 15 is 0 Å². The fourth-order valence-electron chi connectivity index (χ4n) is 1.61. The Labute approximate surface area is 96.8 Å². The molecule has 0 saturated heterocycles. The van der Waals surface area contributed by atoms with Gasteiger partial charge < -0.3 is 10.1 Å². The molecule has 0 amide bonds. The van der Waals surface area contributed by atoms with Crippen molar-refractivity contribution in [2.24, 2.45) is 0 Å². The van der Waals surface area contributed by atoms with Crippen LogP contribution in [-0.4, -0.2) is 26.8 Å². The Bertz CT molecular complexity index is 315. The average Bonchev–Trinajstić information content (AvgIpc) is 2.28. The lowest BCUT2D eigenvalue weighted by atomic mass is 10.0. The van der Waals surface area contributed by atoms with Crippen molar-refractivity contribution in [2.45, 2.75) is 19.8 Å². The van der Waals surface area contributed by atoms with Crippen molar-refractivity contribution >= 4 is 0 Å². The largest absolute Gasteiger partial charge is 0.383 e. The summed E-state index contributed by atoms with van der Waals surface area (Å²) in [4.78, 5) is 0. The zero-order valence-corrected chi connectivity index (χ0v) is 10.1. The number of hydrogen-bond donors (Lipinski definition) is 1. The van der Waals surface area contributed by atoms with E-state index in [1.54, 1.807) is 13.2 Å². The Morgan fingerprint density at radius 2 is 2.12 bits per heavy atom. The molecule has 0 saturated carbocycles. The lowest BCUT2D eigenvalue weighted by Crippen LogP contribution is -2.20. The van der Waals surface area contributed by atoms with Gasteiger partial charge in [-0.15, -0.1) is 0 Å². The van der Waals surface area contributed by atoms with E-state index in [-0.39, 0.29) is 5.82 Å². The van der Waals surface area contributed by atoms with Crippen molar-refractivity contribution in [2.75, 3.05) is 26.8 Å². The van der Waals surface area contributed by atoms with Gasteiger partial charge in [0, 0.05) is 13.7 Å². The minimum atomic E-state index is -0.145. The summed E-state index contributed by atoms with van der Waals surface area (Å²) in [5.41, 5.74) is 2.27. The molecule has 1 aromatic rings. The van der Waals surface area contributed by atoms with E-state index in [1.165, 1.54) is 11.6 Å². The van der Waals surface area contributed by atoms with Crippen molar-refractivity contribution < 1.29 is 9.13 Å². The van der Waals surface area contributed by atoms with Gasteiger partial charge in [-0.05, 0) is 49.6 Å². The van der Waals surface area contributed by atoms with E-state index in [2.05, 4.69) is 5.32 Å². The van der Waals surface area contributed by atoms with Gasteiger partial charge in [-0.2, -0.15) is 0 Å². The lowest BCUT2D eigenvalue weighted by molar-refractivity contribution is 0.199. The van der Waals surface area contributed by atoms with Crippen LogP contribution in [0.5, 0.6) is 0 Å². The number of aryl methyl sites for hydroxylation is 2. The molecule has 0 spiro atoms. The number of ether oxygens (including phenoxy) is 1. The molecule has 0 atom stereocenters. The second-order valence-corrected chi connectivity index (χ2v) is 3.92. The molecule has 0 radical (unpaired) electrons. The summed E-state index contributed by atoms with van der Waals surface area (Å²) in [6, 6.07) is 4.98. The molecular formula is C13H20FNO. The Balaban J connectivity index is 2.23. The van der Waals surface area contributed by atoms with E-state index in [0.29, 0.717) is 0 Å². The quantitative estimate of drug-likeness (QED) is 0.719. The van der Waals surface area contributed by atoms with Gasteiger partial charge >= 0.3 is 0 Å².